The van der Waals surface area contributed by atoms with Crippen LogP contribution in [0.5, 0.6) is 0 Å². The number of imidazole rings is 1. The van der Waals surface area contributed by atoms with Crippen LogP contribution in [0.15, 0.2) is 23.4 Å². The lowest BCUT2D eigenvalue weighted by atomic mass is 10.1. The first-order valence-corrected chi connectivity index (χ1v) is 14.3. The van der Waals surface area contributed by atoms with Crippen LogP contribution in [0.25, 0.3) is 16.3 Å². The summed E-state index contributed by atoms with van der Waals surface area (Å²) >= 11 is 0.296. The zero-order valence-corrected chi connectivity index (χ0v) is 21.8. The number of nitrogens with zero attached hydrogens (tertiary/aromatic N) is 7. The number of anilines is 1. The summed E-state index contributed by atoms with van der Waals surface area (Å²) in [5.74, 6) is -0.0881. The molecule has 12 nitrogen and oxygen atoms in total. The van der Waals surface area contributed by atoms with Gasteiger partial charge >= 0.3 is 6.18 Å². The molecule has 1 aliphatic carbocycles. The molecule has 0 radical (unpaired) electrons. The molecule has 3 aliphatic rings. The minimum atomic E-state index is -4.69. The van der Waals surface area contributed by atoms with Crippen LogP contribution >= 0.6 is 11.3 Å². The number of carbonyl (C=O) groups is 1. The number of pyridine rings is 1. The molecule has 39 heavy (non-hydrogen) atoms. The highest BCUT2D eigenvalue weighted by molar-refractivity contribution is 7.89. The number of ether oxygens (including phenoxy) is 1. The van der Waals surface area contributed by atoms with Crippen LogP contribution in [-0.4, -0.2) is 83.2 Å². The third-order valence-corrected chi connectivity index (χ3v) is 9.43. The molecule has 1 N–H and O–H groups in total. The van der Waals surface area contributed by atoms with Crippen LogP contribution in [-0.2, 0) is 25.7 Å². The van der Waals surface area contributed by atoms with E-state index < -0.39 is 32.9 Å². The zero-order valence-electron chi connectivity index (χ0n) is 20.2. The van der Waals surface area contributed by atoms with Crippen molar-refractivity contribution in [3.63, 3.8) is 0 Å². The lowest BCUT2D eigenvalue weighted by Crippen LogP contribution is -2.54. The van der Waals surface area contributed by atoms with Crippen molar-refractivity contribution in [3.8, 4) is 16.9 Å². The Labute approximate surface area is 224 Å². The Bertz CT molecular complexity index is 1600. The Morgan fingerprint density at radius 3 is 2.51 bits per heavy atom. The molecule has 3 aromatic rings. The van der Waals surface area contributed by atoms with Gasteiger partial charge in [-0.3, -0.25) is 9.20 Å². The first-order chi connectivity index (χ1) is 18.5. The number of aromatic nitrogens is 4. The number of hydrogen-bond acceptors (Lipinski definition) is 10. The summed E-state index contributed by atoms with van der Waals surface area (Å²) in [6, 6.07) is 3.43. The van der Waals surface area contributed by atoms with E-state index in [0.717, 1.165) is 0 Å². The second-order valence-electron chi connectivity index (χ2n) is 9.57. The predicted molar refractivity (Wildman–Crippen MR) is 130 cm³/mol. The number of alkyl halides is 3. The van der Waals surface area contributed by atoms with E-state index in [1.54, 1.807) is 4.90 Å². The van der Waals surface area contributed by atoms with Crippen LogP contribution in [0.4, 0.5) is 18.9 Å². The number of nitrogens with one attached hydrogen (secondary N) is 1. The summed E-state index contributed by atoms with van der Waals surface area (Å²) in [5, 5.41) is 15.0. The highest BCUT2D eigenvalue weighted by Crippen LogP contribution is 2.38. The molecule has 3 fully saturated rings. The molecule has 0 bridgehead atoms. The molecule has 1 unspecified atom stereocenters. The Morgan fingerprint density at radius 2 is 1.95 bits per heavy atom. The normalized spacial score (nSPS) is 21.0. The Morgan fingerprint density at radius 1 is 1.23 bits per heavy atom. The van der Waals surface area contributed by atoms with E-state index in [9.17, 15) is 31.6 Å². The van der Waals surface area contributed by atoms with Crippen LogP contribution in [0.1, 0.15) is 24.3 Å². The summed E-state index contributed by atoms with van der Waals surface area (Å²) in [7, 11) is -4.19. The monoisotopic (exact) mass is 582 g/mol. The molecule has 1 atom stereocenters. The van der Waals surface area contributed by atoms with Crippen molar-refractivity contribution in [1.29, 1.82) is 5.26 Å². The Kier molecular flexibility index (Phi) is 6.06. The van der Waals surface area contributed by atoms with Crippen molar-refractivity contribution < 1.29 is 31.1 Å². The number of fused-ring (bicyclic) bond motifs is 1. The summed E-state index contributed by atoms with van der Waals surface area (Å²) in [6.07, 6.45) is -1.01. The number of amides is 1. The maximum absolute atomic E-state index is 13.3. The van der Waals surface area contributed by atoms with E-state index in [1.165, 1.54) is 22.9 Å². The summed E-state index contributed by atoms with van der Waals surface area (Å²) in [5.41, 5.74) is -0.274. The van der Waals surface area contributed by atoms with Crippen molar-refractivity contribution in [2.24, 2.45) is 0 Å². The van der Waals surface area contributed by atoms with Crippen LogP contribution in [0.2, 0.25) is 0 Å². The van der Waals surface area contributed by atoms with E-state index in [2.05, 4.69) is 19.9 Å². The fraction of sp³-hybridized carbons (Fsp3) is 0.500. The number of carbonyl (C=O) groups excluding carboxylic acids is 1. The third-order valence-electron chi connectivity index (χ3n) is 6.96. The number of sulfonamides is 1. The van der Waals surface area contributed by atoms with Crippen molar-refractivity contribution >= 4 is 38.5 Å². The van der Waals surface area contributed by atoms with E-state index >= 15 is 0 Å². The SMILES string of the molecule is N#CC1(NS(=O)(=O)c2cc(N3CCN(C(=O)C4CCO4)CC3)c3cnc(-c4nnc(C(F)(F)F)s4)n3c2)CC1. The van der Waals surface area contributed by atoms with Gasteiger partial charge in [0.2, 0.25) is 15.0 Å². The molecular weight excluding hydrogens is 561 g/mol. The van der Waals surface area contributed by atoms with Crippen LogP contribution < -0.4 is 9.62 Å². The topological polar surface area (TPSA) is 146 Å². The molecule has 6 rings (SSSR count). The molecular formula is C22H21F3N8O4S2. The van der Waals surface area contributed by atoms with Crippen molar-refractivity contribution in [2.75, 3.05) is 37.7 Å². The molecule has 1 saturated carbocycles. The summed E-state index contributed by atoms with van der Waals surface area (Å²) in [6.45, 7) is 2.07. The lowest BCUT2D eigenvalue weighted by molar-refractivity contribution is -0.156. The van der Waals surface area contributed by atoms with E-state index in [-0.39, 0.29) is 21.6 Å². The number of rotatable bonds is 6. The average molecular weight is 583 g/mol. The van der Waals surface area contributed by atoms with Gasteiger partial charge in [-0.05, 0) is 18.9 Å². The van der Waals surface area contributed by atoms with Crippen molar-refractivity contribution in [2.45, 2.75) is 42.0 Å². The number of halogens is 3. The molecule has 2 saturated heterocycles. The molecule has 0 aromatic carbocycles. The zero-order chi connectivity index (χ0) is 27.6. The molecule has 206 valence electrons. The quantitative estimate of drug-likeness (QED) is 0.458. The number of hydrogen-bond donors (Lipinski definition) is 1. The molecule has 0 spiro atoms. The van der Waals surface area contributed by atoms with Gasteiger partial charge in [-0.25, -0.2) is 13.4 Å². The average Bonchev–Trinajstić information content (AvgIpc) is 3.25. The van der Waals surface area contributed by atoms with Gasteiger partial charge in [0.1, 0.15) is 16.5 Å². The molecule has 5 heterocycles. The highest BCUT2D eigenvalue weighted by atomic mass is 32.2. The van der Waals surface area contributed by atoms with E-state index in [4.69, 9.17) is 4.74 Å². The minimum absolute atomic E-state index is 0.00587. The first-order valence-electron chi connectivity index (χ1n) is 12.0. The lowest BCUT2D eigenvalue weighted by Gasteiger charge is -2.39. The van der Waals surface area contributed by atoms with E-state index in [0.29, 0.717) is 74.6 Å². The highest BCUT2D eigenvalue weighted by Gasteiger charge is 2.47. The standard InChI is InChI=1S/C22H21F3N8O4S2/c23-22(24,25)20-29-28-18(38-20)17-27-10-15-14(31-4-6-32(7-5-31)19(34)16-1-8-37-16)9-13(11-33(15)17)39(35,36)30-21(12-26)2-3-21/h9-11,16,30H,1-8H2. The van der Waals surface area contributed by atoms with Gasteiger partial charge in [0.15, 0.2) is 10.8 Å². The van der Waals surface area contributed by atoms with Crippen molar-refractivity contribution in [3.05, 3.63) is 23.5 Å². The molecule has 1 amide bonds. The predicted octanol–water partition coefficient (Wildman–Crippen LogP) is 1.64. The third kappa shape index (κ3) is 4.71. The fourth-order valence-corrected chi connectivity index (χ4v) is 6.62. The van der Waals surface area contributed by atoms with Crippen LogP contribution in [0.3, 0.4) is 0 Å². The molecule has 3 aromatic heterocycles. The summed E-state index contributed by atoms with van der Waals surface area (Å²) in [4.78, 5) is 20.2. The van der Waals surface area contributed by atoms with Gasteiger partial charge in [-0.2, -0.15) is 23.2 Å². The van der Waals surface area contributed by atoms with Crippen LogP contribution in [0, 0.1) is 11.3 Å². The maximum atomic E-state index is 13.3. The maximum Gasteiger partial charge on any atom is 0.445 e. The Balaban J connectivity index is 1.39. The van der Waals surface area contributed by atoms with Gasteiger partial charge in [0, 0.05) is 38.8 Å². The molecule has 2 aliphatic heterocycles. The van der Waals surface area contributed by atoms with Crippen molar-refractivity contribution in [1.82, 2.24) is 29.2 Å². The smallest absolute Gasteiger partial charge is 0.368 e. The second-order valence-corrected chi connectivity index (χ2v) is 12.2. The Hall–Kier alpha value is -3.33. The van der Waals surface area contributed by atoms with E-state index in [1.807, 2.05) is 11.0 Å². The second kappa shape index (κ2) is 9.11. The minimum Gasteiger partial charge on any atom is -0.368 e. The molecule has 17 heteroatoms. The number of nitriles is 1. The van der Waals surface area contributed by atoms with Gasteiger partial charge in [0.25, 0.3) is 5.91 Å². The summed E-state index contributed by atoms with van der Waals surface area (Å²) < 4.78 is 75.3. The largest absolute Gasteiger partial charge is 0.445 e. The van der Waals surface area contributed by atoms with Gasteiger partial charge in [-0.1, -0.05) is 11.3 Å². The van der Waals surface area contributed by atoms with Gasteiger partial charge < -0.3 is 14.5 Å². The fourth-order valence-electron chi connectivity index (χ4n) is 4.52. The van der Waals surface area contributed by atoms with Gasteiger partial charge in [-0.15, -0.1) is 10.2 Å². The first kappa shape index (κ1) is 25.9. The van der Waals surface area contributed by atoms with Gasteiger partial charge in [0.05, 0.1) is 30.1 Å². The number of piperazine rings is 1.